The van der Waals surface area contributed by atoms with E-state index < -0.39 is 25.7 Å². The lowest BCUT2D eigenvalue weighted by atomic mass is 10.1. The van der Waals surface area contributed by atoms with E-state index in [0.717, 1.165) is 0 Å². The maximum Gasteiger partial charge on any atom is 0.357 e. The molecule has 0 aliphatic heterocycles. The molecule has 0 saturated carbocycles. The van der Waals surface area contributed by atoms with E-state index in [2.05, 4.69) is 29.6 Å². The first kappa shape index (κ1) is 20.0. The van der Waals surface area contributed by atoms with Crippen LogP contribution in [0.3, 0.4) is 0 Å². The van der Waals surface area contributed by atoms with E-state index in [9.17, 15) is 13.6 Å². The number of carbonyl (C=O) groups excluding carboxylic acids is 1. The minimum Gasteiger partial charge on any atom is -0.464 e. The Morgan fingerprint density at radius 3 is 2.46 bits per heavy atom. The molecular weight excluding hydrogens is 380 g/mol. The van der Waals surface area contributed by atoms with Crippen molar-refractivity contribution in [3.63, 3.8) is 0 Å². The maximum absolute atomic E-state index is 14.2. The second-order valence-corrected chi connectivity index (χ2v) is 12.1. The summed E-state index contributed by atoms with van der Waals surface area (Å²) in [7, 11) is -0.410. The summed E-state index contributed by atoms with van der Waals surface area (Å²) in [6.45, 7) is 6.29. The monoisotopic (exact) mass is 397 g/mol. The standard InChI is InChI=1S/C17H18ClF2N3O2Si/c1-25-17(24)14-10(7-8-26(2,3)4)15(21)23-16(22-14)9-5-6-11(18)13(20)12(9)19/h5-8H,1-4H3,(H2,21,22,23)/b8-7+. The van der Waals surface area contributed by atoms with Crippen molar-refractivity contribution in [1.29, 1.82) is 0 Å². The number of nitrogen functional groups attached to an aromatic ring is 1. The minimum atomic E-state index is -1.60. The van der Waals surface area contributed by atoms with E-state index in [0.29, 0.717) is 0 Å². The number of rotatable bonds is 4. The van der Waals surface area contributed by atoms with Crippen molar-refractivity contribution >= 4 is 37.5 Å². The number of ether oxygens (including phenoxy) is 1. The SMILES string of the molecule is COC(=O)c1nc(-c2ccc(Cl)c(F)c2F)nc(N)c1/C=C/[Si](C)(C)C. The van der Waals surface area contributed by atoms with Gasteiger partial charge in [-0.2, -0.15) is 0 Å². The zero-order valence-electron chi connectivity index (χ0n) is 14.7. The van der Waals surface area contributed by atoms with Gasteiger partial charge in [-0.05, 0) is 12.1 Å². The van der Waals surface area contributed by atoms with Crippen molar-refractivity contribution in [1.82, 2.24) is 9.97 Å². The number of aromatic nitrogens is 2. The quantitative estimate of drug-likeness (QED) is 0.472. The van der Waals surface area contributed by atoms with Crippen LogP contribution in [0.2, 0.25) is 24.7 Å². The molecule has 2 N–H and O–H groups in total. The average molecular weight is 398 g/mol. The fourth-order valence-electron chi connectivity index (χ4n) is 2.06. The first-order valence-electron chi connectivity index (χ1n) is 7.64. The first-order chi connectivity index (χ1) is 12.0. The van der Waals surface area contributed by atoms with Crippen LogP contribution in [0.5, 0.6) is 0 Å². The number of nitrogens with two attached hydrogens (primary N) is 1. The van der Waals surface area contributed by atoms with Gasteiger partial charge in [0.25, 0.3) is 0 Å². The lowest BCUT2D eigenvalue weighted by molar-refractivity contribution is 0.0593. The van der Waals surface area contributed by atoms with E-state index in [4.69, 9.17) is 22.1 Å². The van der Waals surface area contributed by atoms with Crippen molar-refractivity contribution in [2.45, 2.75) is 19.6 Å². The number of benzene rings is 1. The van der Waals surface area contributed by atoms with Crippen molar-refractivity contribution in [3.05, 3.63) is 45.7 Å². The lowest BCUT2D eigenvalue weighted by Gasteiger charge is -2.12. The third-order valence-corrected chi connectivity index (χ3v) is 4.84. The van der Waals surface area contributed by atoms with E-state index in [-0.39, 0.29) is 33.5 Å². The first-order valence-corrected chi connectivity index (χ1v) is 11.6. The topological polar surface area (TPSA) is 78.1 Å². The molecule has 1 heterocycles. The Labute approximate surface area is 155 Å². The van der Waals surface area contributed by atoms with Gasteiger partial charge in [-0.1, -0.05) is 43.0 Å². The number of hydrogen-bond donors (Lipinski definition) is 1. The Balaban J connectivity index is 2.69. The molecule has 0 spiro atoms. The molecule has 0 unspecified atom stereocenters. The molecule has 0 aliphatic rings. The third-order valence-electron chi connectivity index (χ3n) is 3.38. The van der Waals surface area contributed by atoms with E-state index in [1.807, 2.05) is 5.70 Å². The van der Waals surface area contributed by atoms with Gasteiger partial charge in [0.15, 0.2) is 23.2 Å². The van der Waals surface area contributed by atoms with Gasteiger partial charge in [-0.25, -0.2) is 23.5 Å². The molecule has 0 fully saturated rings. The Morgan fingerprint density at radius 1 is 1.23 bits per heavy atom. The Morgan fingerprint density at radius 2 is 1.88 bits per heavy atom. The predicted molar refractivity (Wildman–Crippen MR) is 101 cm³/mol. The molecule has 0 radical (unpaired) electrons. The minimum absolute atomic E-state index is 0.0420. The number of esters is 1. The summed E-state index contributed by atoms with van der Waals surface area (Å²) >= 11 is 5.56. The molecule has 2 rings (SSSR count). The van der Waals surface area contributed by atoms with Crippen molar-refractivity contribution in [3.8, 4) is 11.4 Å². The highest BCUT2D eigenvalue weighted by Gasteiger charge is 2.22. The summed E-state index contributed by atoms with van der Waals surface area (Å²) in [4.78, 5) is 20.2. The number of hydrogen-bond acceptors (Lipinski definition) is 5. The van der Waals surface area contributed by atoms with Gasteiger partial charge in [-0.15, -0.1) is 0 Å². The molecule has 1 aromatic heterocycles. The summed E-state index contributed by atoms with van der Waals surface area (Å²) in [6, 6.07) is 2.39. The molecule has 0 bridgehead atoms. The number of anilines is 1. The fourth-order valence-corrected chi connectivity index (χ4v) is 2.87. The van der Waals surface area contributed by atoms with Crippen molar-refractivity contribution in [2.75, 3.05) is 12.8 Å². The highest BCUT2D eigenvalue weighted by Crippen LogP contribution is 2.29. The van der Waals surface area contributed by atoms with Gasteiger partial charge in [0.1, 0.15) is 5.82 Å². The largest absolute Gasteiger partial charge is 0.464 e. The molecular formula is C17H18ClF2N3O2Si. The second kappa shape index (κ2) is 7.51. The van der Waals surface area contributed by atoms with Crippen LogP contribution < -0.4 is 5.73 Å². The molecule has 26 heavy (non-hydrogen) atoms. The highest BCUT2D eigenvalue weighted by atomic mass is 35.5. The van der Waals surface area contributed by atoms with E-state index in [1.54, 1.807) is 6.08 Å². The number of methoxy groups -OCH3 is 1. The van der Waals surface area contributed by atoms with Crippen molar-refractivity contribution in [2.24, 2.45) is 0 Å². The van der Waals surface area contributed by atoms with E-state index >= 15 is 0 Å². The molecule has 1 aromatic carbocycles. The van der Waals surface area contributed by atoms with Crippen LogP contribution >= 0.6 is 11.6 Å². The van der Waals surface area contributed by atoms with Gasteiger partial charge in [0.05, 0.1) is 25.8 Å². The molecule has 138 valence electrons. The van der Waals surface area contributed by atoms with Crippen LogP contribution in [0, 0.1) is 11.6 Å². The number of nitrogens with zero attached hydrogens (tertiary/aromatic N) is 2. The average Bonchev–Trinajstić information content (AvgIpc) is 2.56. The predicted octanol–water partition coefficient (Wildman–Crippen LogP) is 4.33. The molecule has 2 aromatic rings. The number of halogens is 3. The van der Waals surface area contributed by atoms with Gasteiger partial charge in [0.2, 0.25) is 0 Å². The zero-order chi connectivity index (χ0) is 19.6. The third kappa shape index (κ3) is 4.25. The summed E-state index contributed by atoms with van der Waals surface area (Å²) in [5, 5.41) is -0.373. The molecule has 0 saturated heterocycles. The van der Waals surface area contributed by atoms with Crippen LogP contribution in [-0.2, 0) is 4.74 Å². The van der Waals surface area contributed by atoms with Gasteiger partial charge >= 0.3 is 5.97 Å². The molecule has 5 nitrogen and oxygen atoms in total. The fraction of sp³-hybridized carbons (Fsp3) is 0.235. The Kier molecular flexibility index (Phi) is 5.77. The second-order valence-electron chi connectivity index (χ2n) is 6.61. The highest BCUT2D eigenvalue weighted by molar-refractivity contribution is 6.81. The summed E-state index contributed by atoms with van der Waals surface area (Å²) in [6.07, 6.45) is 1.66. The smallest absolute Gasteiger partial charge is 0.357 e. The molecule has 0 aliphatic carbocycles. The Bertz CT molecular complexity index is 899. The zero-order valence-corrected chi connectivity index (χ0v) is 16.5. The van der Waals surface area contributed by atoms with Crippen molar-refractivity contribution < 1.29 is 18.3 Å². The van der Waals surface area contributed by atoms with E-state index in [1.165, 1.54) is 19.2 Å². The summed E-state index contributed by atoms with van der Waals surface area (Å²) in [5.74, 6) is -3.49. The van der Waals surface area contributed by atoms with Crippen LogP contribution in [-0.4, -0.2) is 31.1 Å². The van der Waals surface area contributed by atoms with Crippen LogP contribution in [0.25, 0.3) is 17.5 Å². The Hall–Kier alpha value is -2.32. The summed E-state index contributed by atoms with van der Waals surface area (Å²) < 4.78 is 32.7. The van der Waals surface area contributed by atoms with Gasteiger partial charge in [-0.3, -0.25) is 0 Å². The summed E-state index contributed by atoms with van der Waals surface area (Å²) in [5.41, 5.74) is 7.81. The maximum atomic E-state index is 14.2. The van der Waals surface area contributed by atoms with Gasteiger partial charge in [0, 0.05) is 5.56 Å². The number of carbonyl (C=O) groups is 1. The van der Waals surface area contributed by atoms with Gasteiger partial charge < -0.3 is 10.5 Å². The molecule has 0 amide bonds. The normalized spacial score (nSPS) is 11.8. The van der Waals surface area contributed by atoms with Crippen LogP contribution in [0.4, 0.5) is 14.6 Å². The van der Waals surface area contributed by atoms with Crippen LogP contribution in [0.1, 0.15) is 16.1 Å². The lowest BCUT2D eigenvalue weighted by Crippen LogP contribution is -2.16. The molecule has 0 atom stereocenters. The molecule has 9 heteroatoms. The van der Waals surface area contributed by atoms with Crippen LogP contribution in [0.15, 0.2) is 17.8 Å².